The quantitative estimate of drug-likeness (QED) is 0.823. The predicted octanol–water partition coefficient (Wildman–Crippen LogP) is 2.43. The first-order chi connectivity index (χ1) is 7.47. The van der Waals surface area contributed by atoms with E-state index in [-0.39, 0.29) is 11.2 Å². The largest absolute Gasteiger partial charge is 0.389 e. The summed E-state index contributed by atoms with van der Waals surface area (Å²) in [6, 6.07) is 0.369. The molecule has 1 N–H and O–H groups in total. The van der Waals surface area contributed by atoms with Crippen LogP contribution in [0.25, 0.3) is 0 Å². The van der Waals surface area contributed by atoms with Crippen LogP contribution >= 0.6 is 0 Å². The highest BCUT2D eigenvalue weighted by atomic mass is 16.5. The van der Waals surface area contributed by atoms with Gasteiger partial charge in [0.25, 0.3) is 0 Å². The van der Waals surface area contributed by atoms with Gasteiger partial charge in [-0.3, -0.25) is 4.90 Å². The van der Waals surface area contributed by atoms with Crippen LogP contribution in [0.2, 0.25) is 0 Å². The second-order valence-corrected chi connectivity index (χ2v) is 7.06. The summed E-state index contributed by atoms with van der Waals surface area (Å²) in [6.45, 7) is 16.1. The summed E-state index contributed by atoms with van der Waals surface area (Å²) in [7, 11) is 0. The van der Waals surface area contributed by atoms with E-state index in [2.05, 4.69) is 39.5 Å². The first-order valence-electron chi connectivity index (χ1n) is 6.63. The zero-order valence-electron chi connectivity index (χ0n) is 12.5. The number of hydrogen-bond acceptors (Lipinski definition) is 3. The number of likely N-dealkylation sites (N-methyl/N-ethyl adjacent to an activating group) is 1. The summed E-state index contributed by atoms with van der Waals surface area (Å²) in [5.41, 5.74) is -0.870. The van der Waals surface area contributed by atoms with Crippen molar-refractivity contribution in [3.8, 4) is 0 Å². The van der Waals surface area contributed by atoms with Crippen LogP contribution in [0.3, 0.4) is 0 Å². The fourth-order valence-electron chi connectivity index (χ4n) is 3.04. The Labute approximate surface area is 106 Å². The summed E-state index contributed by atoms with van der Waals surface area (Å²) in [4.78, 5) is 2.34. The molecule has 17 heavy (non-hydrogen) atoms. The Morgan fingerprint density at radius 3 is 2.12 bits per heavy atom. The molecule has 1 atom stereocenters. The van der Waals surface area contributed by atoms with Crippen molar-refractivity contribution < 1.29 is 9.84 Å². The molecular weight excluding hydrogens is 214 g/mol. The normalized spacial score (nSPS) is 27.7. The van der Waals surface area contributed by atoms with E-state index in [0.29, 0.717) is 12.6 Å². The second kappa shape index (κ2) is 4.52. The van der Waals surface area contributed by atoms with E-state index < -0.39 is 5.60 Å². The van der Waals surface area contributed by atoms with E-state index in [0.717, 1.165) is 13.0 Å². The Hall–Kier alpha value is -0.120. The standard InChI is InChI=1S/C14H29NO2/c1-8-15(10-12(2,3)16)11-9-13(4,5)17-14(11,6)7/h11,16H,8-10H2,1-7H3. The zero-order valence-corrected chi connectivity index (χ0v) is 12.5. The van der Waals surface area contributed by atoms with Crippen LogP contribution in [-0.4, -0.2) is 45.9 Å². The minimum atomic E-state index is -0.654. The lowest BCUT2D eigenvalue weighted by Crippen LogP contribution is -2.51. The number of rotatable bonds is 4. The maximum absolute atomic E-state index is 10.00. The smallest absolute Gasteiger partial charge is 0.0789 e. The van der Waals surface area contributed by atoms with E-state index in [9.17, 15) is 5.11 Å². The molecule has 1 rings (SSSR count). The monoisotopic (exact) mass is 243 g/mol. The highest BCUT2D eigenvalue weighted by Crippen LogP contribution is 2.40. The van der Waals surface area contributed by atoms with Gasteiger partial charge < -0.3 is 9.84 Å². The molecule has 1 unspecified atom stereocenters. The van der Waals surface area contributed by atoms with Crippen molar-refractivity contribution in [2.24, 2.45) is 0 Å². The molecule has 0 spiro atoms. The summed E-state index contributed by atoms with van der Waals surface area (Å²) in [6.07, 6.45) is 1.02. The molecule has 3 nitrogen and oxygen atoms in total. The van der Waals surface area contributed by atoms with Crippen LogP contribution in [0.1, 0.15) is 54.9 Å². The molecular formula is C14H29NO2. The SMILES string of the molecule is CCN(CC(C)(C)O)C1CC(C)(C)OC1(C)C. The van der Waals surface area contributed by atoms with E-state index >= 15 is 0 Å². The predicted molar refractivity (Wildman–Crippen MR) is 71.2 cm³/mol. The Morgan fingerprint density at radius 2 is 1.82 bits per heavy atom. The third-order valence-electron chi connectivity index (χ3n) is 3.46. The average molecular weight is 243 g/mol. The third kappa shape index (κ3) is 3.94. The van der Waals surface area contributed by atoms with Gasteiger partial charge in [0.2, 0.25) is 0 Å². The highest BCUT2D eigenvalue weighted by molar-refractivity contribution is 5.00. The van der Waals surface area contributed by atoms with Crippen LogP contribution in [0.4, 0.5) is 0 Å². The van der Waals surface area contributed by atoms with Gasteiger partial charge in [-0.25, -0.2) is 0 Å². The Morgan fingerprint density at radius 1 is 1.29 bits per heavy atom. The van der Waals surface area contributed by atoms with Gasteiger partial charge in [-0.1, -0.05) is 6.92 Å². The van der Waals surface area contributed by atoms with Crippen LogP contribution < -0.4 is 0 Å². The fraction of sp³-hybridized carbons (Fsp3) is 1.00. The number of hydrogen-bond donors (Lipinski definition) is 1. The molecule has 1 saturated heterocycles. The Bertz CT molecular complexity index is 266. The molecule has 0 saturated carbocycles. The molecule has 0 aliphatic carbocycles. The lowest BCUT2D eigenvalue weighted by atomic mass is 9.92. The van der Waals surface area contributed by atoms with Crippen molar-refractivity contribution >= 4 is 0 Å². The van der Waals surface area contributed by atoms with Gasteiger partial charge in [-0.15, -0.1) is 0 Å². The van der Waals surface area contributed by atoms with Crippen LogP contribution in [0, 0.1) is 0 Å². The summed E-state index contributed by atoms with van der Waals surface area (Å²) >= 11 is 0. The van der Waals surface area contributed by atoms with Crippen LogP contribution in [0.15, 0.2) is 0 Å². The van der Waals surface area contributed by atoms with Gasteiger partial charge in [0.15, 0.2) is 0 Å². The number of aliphatic hydroxyl groups is 1. The van der Waals surface area contributed by atoms with E-state index in [1.807, 2.05) is 13.8 Å². The summed E-state index contributed by atoms with van der Waals surface area (Å²) < 4.78 is 6.12. The minimum absolute atomic E-state index is 0.0683. The van der Waals surface area contributed by atoms with Gasteiger partial charge in [0, 0.05) is 12.6 Å². The maximum atomic E-state index is 10.00. The maximum Gasteiger partial charge on any atom is 0.0789 e. The minimum Gasteiger partial charge on any atom is -0.389 e. The van der Waals surface area contributed by atoms with Crippen LogP contribution in [-0.2, 0) is 4.74 Å². The van der Waals surface area contributed by atoms with Crippen molar-refractivity contribution in [3.63, 3.8) is 0 Å². The molecule has 0 amide bonds. The third-order valence-corrected chi connectivity index (χ3v) is 3.46. The van der Waals surface area contributed by atoms with Crippen molar-refractivity contribution in [1.82, 2.24) is 4.90 Å². The van der Waals surface area contributed by atoms with E-state index in [1.54, 1.807) is 0 Å². The first-order valence-corrected chi connectivity index (χ1v) is 6.63. The van der Waals surface area contributed by atoms with Gasteiger partial charge in [0.1, 0.15) is 0 Å². The molecule has 102 valence electrons. The van der Waals surface area contributed by atoms with Crippen molar-refractivity contribution in [2.45, 2.75) is 77.7 Å². The van der Waals surface area contributed by atoms with Crippen molar-refractivity contribution in [2.75, 3.05) is 13.1 Å². The molecule has 0 bridgehead atoms. The molecule has 3 heteroatoms. The summed E-state index contributed by atoms with van der Waals surface area (Å²) in [5.74, 6) is 0. The lowest BCUT2D eigenvalue weighted by Gasteiger charge is -2.38. The molecule has 0 aromatic rings. The van der Waals surface area contributed by atoms with Gasteiger partial charge in [-0.05, 0) is 54.5 Å². The molecule has 0 radical (unpaired) electrons. The topological polar surface area (TPSA) is 32.7 Å². The molecule has 0 aromatic heterocycles. The Kier molecular flexibility index (Phi) is 3.98. The summed E-state index contributed by atoms with van der Waals surface area (Å²) in [5, 5.41) is 10.00. The lowest BCUT2D eigenvalue weighted by molar-refractivity contribution is -0.0855. The second-order valence-electron chi connectivity index (χ2n) is 7.06. The van der Waals surface area contributed by atoms with E-state index in [4.69, 9.17) is 4.74 Å². The van der Waals surface area contributed by atoms with Crippen molar-refractivity contribution in [3.05, 3.63) is 0 Å². The van der Waals surface area contributed by atoms with Crippen LogP contribution in [0.5, 0.6) is 0 Å². The molecule has 1 aliphatic rings. The van der Waals surface area contributed by atoms with Gasteiger partial charge in [0.05, 0.1) is 16.8 Å². The molecule has 1 fully saturated rings. The number of ether oxygens (including phenoxy) is 1. The average Bonchev–Trinajstić information content (AvgIpc) is 2.28. The van der Waals surface area contributed by atoms with Gasteiger partial charge in [-0.2, -0.15) is 0 Å². The molecule has 1 aliphatic heterocycles. The zero-order chi connectivity index (χ0) is 13.5. The fourth-order valence-corrected chi connectivity index (χ4v) is 3.04. The first kappa shape index (κ1) is 14.9. The molecule has 0 aromatic carbocycles. The van der Waals surface area contributed by atoms with Gasteiger partial charge >= 0.3 is 0 Å². The Balaban J connectivity index is 2.82. The molecule has 1 heterocycles. The van der Waals surface area contributed by atoms with E-state index in [1.165, 1.54) is 0 Å². The number of nitrogens with zero attached hydrogens (tertiary/aromatic N) is 1. The highest BCUT2D eigenvalue weighted by Gasteiger charge is 2.48. The van der Waals surface area contributed by atoms with Crippen molar-refractivity contribution in [1.29, 1.82) is 0 Å².